The topological polar surface area (TPSA) is 24.5 Å². The lowest BCUT2D eigenvalue weighted by molar-refractivity contribution is 0.101. The van der Waals surface area contributed by atoms with Crippen molar-refractivity contribution in [1.82, 2.24) is 10.2 Å². The fourth-order valence-electron chi connectivity index (χ4n) is 2.97. The van der Waals surface area contributed by atoms with Crippen molar-refractivity contribution in [2.24, 2.45) is 0 Å². The Bertz CT molecular complexity index is 186. The van der Waals surface area contributed by atoms with Gasteiger partial charge >= 0.3 is 0 Å². The largest absolute Gasteiger partial charge is 0.382 e. The minimum atomic E-state index is 0.783. The summed E-state index contributed by atoms with van der Waals surface area (Å²) in [5, 5.41) is 3.64. The molecule has 3 nitrogen and oxygen atoms in total. The van der Waals surface area contributed by atoms with Crippen molar-refractivity contribution < 1.29 is 4.74 Å². The van der Waals surface area contributed by atoms with Gasteiger partial charge in [-0.2, -0.15) is 0 Å². The summed E-state index contributed by atoms with van der Waals surface area (Å²) in [6.07, 6.45) is 5.38. The van der Waals surface area contributed by atoms with Gasteiger partial charge in [-0.25, -0.2) is 0 Å². The molecule has 2 rings (SSSR count). The molecule has 88 valence electrons. The molecule has 2 atom stereocenters. The second kappa shape index (κ2) is 5.83. The van der Waals surface area contributed by atoms with E-state index in [0.29, 0.717) is 0 Å². The van der Waals surface area contributed by atoms with E-state index in [2.05, 4.69) is 17.1 Å². The zero-order valence-corrected chi connectivity index (χ0v) is 9.87. The number of rotatable bonds is 5. The van der Waals surface area contributed by atoms with Crippen molar-refractivity contribution in [3.63, 3.8) is 0 Å². The molecular formula is C12H24N2O. The zero-order valence-electron chi connectivity index (χ0n) is 9.87. The van der Waals surface area contributed by atoms with Crippen LogP contribution >= 0.6 is 0 Å². The van der Waals surface area contributed by atoms with Crippen LogP contribution in [0.3, 0.4) is 0 Å². The van der Waals surface area contributed by atoms with Gasteiger partial charge < -0.3 is 10.1 Å². The van der Waals surface area contributed by atoms with Crippen LogP contribution in [0.25, 0.3) is 0 Å². The molecule has 15 heavy (non-hydrogen) atoms. The minimum absolute atomic E-state index is 0.783. The number of nitrogens with one attached hydrogen (secondary N) is 1. The fourth-order valence-corrected chi connectivity index (χ4v) is 2.97. The van der Waals surface area contributed by atoms with E-state index in [1.807, 2.05) is 0 Å². The molecule has 1 N–H and O–H groups in total. The molecule has 2 aliphatic rings. The number of hydrogen-bond donors (Lipinski definition) is 1. The fraction of sp³-hybridized carbons (Fsp3) is 1.00. The Morgan fingerprint density at radius 2 is 2.33 bits per heavy atom. The van der Waals surface area contributed by atoms with Gasteiger partial charge in [0.2, 0.25) is 0 Å². The minimum Gasteiger partial charge on any atom is -0.382 e. The van der Waals surface area contributed by atoms with Crippen LogP contribution < -0.4 is 5.32 Å². The predicted molar refractivity (Wildman–Crippen MR) is 62.1 cm³/mol. The van der Waals surface area contributed by atoms with Gasteiger partial charge in [0.15, 0.2) is 0 Å². The second-order valence-corrected chi connectivity index (χ2v) is 4.65. The van der Waals surface area contributed by atoms with Crippen LogP contribution in [-0.2, 0) is 4.74 Å². The van der Waals surface area contributed by atoms with E-state index >= 15 is 0 Å². The first kappa shape index (κ1) is 11.4. The highest BCUT2D eigenvalue weighted by molar-refractivity contribution is 4.93. The molecule has 0 bridgehead atoms. The molecule has 0 aromatic carbocycles. The lowest BCUT2D eigenvalue weighted by atomic mass is 10.1. The monoisotopic (exact) mass is 212 g/mol. The lowest BCUT2D eigenvalue weighted by Crippen LogP contribution is -2.55. The van der Waals surface area contributed by atoms with E-state index in [4.69, 9.17) is 4.74 Å². The molecule has 0 amide bonds. The van der Waals surface area contributed by atoms with E-state index in [1.165, 1.54) is 45.3 Å². The molecule has 1 saturated carbocycles. The quantitative estimate of drug-likeness (QED) is 0.694. The maximum absolute atomic E-state index is 5.39. The summed E-state index contributed by atoms with van der Waals surface area (Å²) in [4.78, 5) is 2.67. The maximum atomic E-state index is 5.39. The molecular weight excluding hydrogens is 188 g/mol. The third-order valence-corrected chi connectivity index (χ3v) is 3.69. The first-order valence-electron chi connectivity index (χ1n) is 6.47. The highest BCUT2D eigenvalue weighted by Gasteiger charge is 2.34. The summed E-state index contributed by atoms with van der Waals surface area (Å²) < 4.78 is 5.39. The number of hydrogen-bond acceptors (Lipinski definition) is 3. The van der Waals surface area contributed by atoms with E-state index in [0.717, 1.165) is 25.3 Å². The van der Waals surface area contributed by atoms with Gasteiger partial charge in [0.1, 0.15) is 0 Å². The third-order valence-electron chi connectivity index (χ3n) is 3.69. The molecule has 0 radical (unpaired) electrons. The van der Waals surface area contributed by atoms with Crippen LogP contribution in [0.1, 0.15) is 32.6 Å². The number of piperazine rings is 1. The second-order valence-electron chi connectivity index (χ2n) is 4.65. The molecule has 1 heterocycles. The van der Waals surface area contributed by atoms with E-state index < -0.39 is 0 Å². The highest BCUT2D eigenvalue weighted by Crippen LogP contribution is 2.26. The Balaban J connectivity index is 1.71. The van der Waals surface area contributed by atoms with E-state index in [9.17, 15) is 0 Å². The van der Waals surface area contributed by atoms with Crippen LogP contribution in [0.2, 0.25) is 0 Å². The first-order valence-corrected chi connectivity index (χ1v) is 6.47. The van der Waals surface area contributed by atoms with Crippen molar-refractivity contribution in [2.45, 2.75) is 44.7 Å². The van der Waals surface area contributed by atoms with Crippen LogP contribution in [-0.4, -0.2) is 49.8 Å². The van der Waals surface area contributed by atoms with Gasteiger partial charge in [0, 0.05) is 44.9 Å². The van der Waals surface area contributed by atoms with Crippen molar-refractivity contribution in [3.05, 3.63) is 0 Å². The SMILES string of the molecule is CCOCCCN1CCN[C@H]2CCC[C@H]21. The maximum Gasteiger partial charge on any atom is 0.0478 e. The molecule has 0 aromatic rings. The van der Waals surface area contributed by atoms with Crippen molar-refractivity contribution >= 4 is 0 Å². The lowest BCUT2D eigenvalue weighted by Gasteiger charge is -2.38. The summed E-state index contributed by atoms with van der Waals surface area (Å²) in [6, 6.07) is 1.60. The van der Waals surface area contributed by atoms with Gasteiger partial charge in [-0.15, -0.1) is 0 Å². The average molecular weight is 212 g/mol. The Morgan fingerprint density at radius 1 is 1.40 bits per heavy atom. The van der Waals surface area contributed by atoms with Gasteiger partial charge in [0.25, 0.3) is 0 Å². The first-order chi connectivity index (χ1) is 7.42. The smallest absolute Gasteiger partial charge is 0.0478 e. The van der Waals surface area contributed by atoms with Crippen molar-refractivity contribution in [3.8, 4) is 0 Å². The van der Waals surface area contributed by atoms with Crippen LogP contribution in [0.4, 0.5) is 0 Å². The molecule has 1 aliphatic carbocycles. The molecule has 0 spiro atoms. The van der Waals surface area contributed by atoms with Crippen molar-refractivity contribution in [2.75, 3.05) is 32.8 Å². The molecule has 0 unspecified atom stereocenters. The molecule has 0 aromatic heterocycles. The number of nitrogens with zero attached hydrogens (tertiary/aromatic N) is 1. The molecule has 2 fully saturated rings. The summed E-state index contributed by atoms with van der Waals surface area (Å²) >= 11 is 0. The van der Waals surface area contributed by atoms with E-state index in [1.54, 1.807) is 0 Å². The highest BCUT2D eigenvalue weighted by atomic mass is 16.5. The Hall–Kier alpha value is -0.120. The Labute approximate surface area is 93.2 Å². The summed E-state index contributed by atoms with van der Waals surface area (Å²) in [6.45, 7) is 7.48. The number of fused-ring (bicyclic) bond motifs is 1. The van der Waals surface area contributed by atoms with Crippen LogP contribution in [0.5, 0.6) is 0 Å². The zero-order chi connectivity index (χ0) is 10.5. The predicted octanol–water partition coefficient (Wildman–Crippen LogP) is 1.24. The van der Waals surface area contributed by atoms with Gasteiger partial charge in [0.05, 0.1) is 0 Å². The standard InChI is InChI=1S/C12H24N2O/c1-2-15-10-4-8-14-9-7-13-11-5-3-6-12(11)14/h11-13H,2-10H2,1H3/t11-,12+/m0/s1. The van der Waals surface area contributed by atoms with Gasteiger partial charge in [-0.1, -0.05) is 6.42 Å². The Morgan fingerprint density at radius 3 is 3.20 bits per heavy atom. The average Bonchev–Trinajstić information content (AvgIpc) is 2.73. The molecule has 3 heteroatoms. The van der Waals surface area contributed by atoms with Gasteiger partial charge in [-0.05, 0) is 26.2 Å². The summed E-state index contributed by atoms with van der Waals surface area (Å²) in [5.41, 5.74) is 0. The Kier molecular flexibility index (Phi) is 4.42. The van der Waals surface area contributed by atoms with Crippen LogP contribution in [0, 0.1) is 0 Å². The van der Waals surface area contributed by atoms with Gasteiger partial charge in [-0.3, -0.25) is 4.90 Å². The van der Waals surface area contributed by atoms with Crippen LogP contribution in [0.15, 0.2) is 0 Å². The third kappa shape index (κ3) is 2.92. The molecule has 1 aliphatic heterocycles. The normalized spacial score (nSPS) is 31.8. The number of ether oxygens (including phenoxy) is 1. The molecule has 1 saturated heterocycles. The van der Waals surface area contributed by atoms with E-state index in [-0.39, 0.29) is 0 Å². The summed E-state index contributed by atoms with van der Waals surface area (Å²) in [5.74, 6) is 0. The summed E-state index contributed by atoms with van der Waals surface area (Å²) in [7, 11) is 0. The van der Waals surface area contributed by atoms with Crippen molar-refractivity contribution in [1.29, 1.82) is 0 Å².